The summed E-state index contributed by atoms with van der Waals surface area (Å²) in [7, 11) is 0. The lowest BCUT2D eigenvalue weighted by molar-refractivity contribution is 0.639. The van der Waals surface area contributed by atoms with E-state index in [4.69, 9.17) is 5.73 Å². The van der Waals surface area contributed by atoms with Gasteiger partial charge < -0.3 is 11.1 Å². The standard InChI is InChI=1S/C12H20N2/c1-10-6-3-4-8-12(10)14-9-5-7-11(2)13/h3-4,6,8,11,14H,5,7,9,13H2,1-2H3. The second-order valence-corrected chi connectivity index (χ2v) is 3.86. The van der Waals surface area contributed by atoms with Gasteiger partial charge in [-0.25, -0.2) is 0 Å². The topological polar surface area (TPSA) is 38.0 Å². The molecule has 0 radical (unpaired) electrons. The van der Waals surface area contributed by atoms with E-state index in [1.165, 1.54) is 11.3 Å². The van der Waals surface area contributed by atoms with Crippen LogP contribution in [-0.4, -0.2) is 12.6 Å². The maximum atomic E-state index is 5.67. The number of nitrogens with two attached hydrogens (primary N) is 1. The highest BCUT2D eigenvalue weighted by atomic mass is 14.9. The molecule has 0 aliphatic rings. The van der Waals surface area contributed by atoms with Crippen molar-refractivity contribution in [3.05, 3.63) is 29.8 Å². The average Bonchev–Trinajstić information content (AvgIpc) is 2.15. The summed E-state index contributed by atoms with van der Waals surface area (Å²) in [6.07, 6.45) is 2.21. The van der Waals surface area contributed by atoms with E-state index >= 15 is 0 Å². The Balaban J connectivity index is 2.28. The zero-order valence-corrected chi connectivity index (χ0v) is 9.09. The molecule has 1 aromatic carbocycles. The Morgan fingerprint density at radius 1 is 1.36 bits per heavy atom. The minimum atomic E-state index is 0.314. The third-order valence-electron chi connectivity index (χ3n) is 2.30. The zero-order valence-electron chi connectivity index (χ0n) is 9.09. The van der Waals surface area contributed by atoms with E-state index in [2.05, 4.69) is 36.5 Å². The van der Waals surface area contributed by atoms with Gasteiger partial charge in [0.2, 0.25) is 0 Å². The highest BCUT2D eigenvalue weighted by Gasteiger charge is 1.96. The summed E-state index contributed by atoms with van der Waals surface area (Å²) >= 11 is 0. The molecule has 1 atom stereocenters. The van der Waals surface area contributed by atoms with Gasteiger partial charge in [-0.3, -0.25) is 0 Å². The second kappa shape index (κ2) is 5.66. The zero-order chi connectivity index (χ0) is 10.4. The molecule has 3 N–H and O–H groups in total. The van der Waals surface area contributed by atoms with Gasteiger partial charge in [-0.1, -0.05) is 18.2 Å². The van der Waals surface area contributed by atoms with Crippen LogP contribution in [0.25, 0.3) is 0 Å². The van der Waals surface area contributed by atoms with Crippen LogP contribution in [0.2, 0.25) is 0 Å². The predicted molar refractivity (Wildman–Crippen MR) is 62.6 cm³/mol. The van der Waals surface area contributed by atoms with Crippen molar-refractivity contribution >= 4 is 5.69 Å². The first-order valence-electron chi connectivity index (χ1n) is 5.25. The van der Waals surface area contributed by atoms with Crippen LogP contribution in [0.5, 0.6) is 0 Å². The van der Waals surface area contributed by atoms with Gasteiger partial charge in [-0.05, 0) is 38.3 Å². The summed E-state index contributed by atoms with van der Waals surface area (Å²) in [6.45, 7) is 5.17. The van der Waals surface area contributed by atoms with Crippen molar-refractivity contribution in [1.29, 1.82) is 0 Å². The number of rotatable bonds is 5. The van der Waals surface area contributed by atoms with Gasteiger partial charge in [0, 0.05) is 18.3 Å². The minimum absolute atomic E-state index is 0.314. The van der Waals surface area contributed by atoms with Crippen molar-refractivity contribution in [3.8, 4) is 0 Å². The smallest absolute Gasteiger partial charge is 0.0369 e. The number of hydrogen-bond acceptors (Lipinski definition) is 2. The van der Waals surface area contributed by atoms with Crippen molar-refractivity contribution in [2.45, 2.75) is 32.7 Å². The highest BCUT2D eigenvalue weighted by Crippen LogP contribution is 2.12. The fraction of sp³-hybridized carbons (Fsp3) is 0.500. The van der Waals surface area contributed by atoms with E-state index in [0.717, 1.165) is 19.4 Å². The lowest BCUT2D eigenvalue weighted by Gasteiger charge is -2.09. The third-order valence-corrected chi connectivity index (χ3v) is 2.30. The molecule has 0 spiro atoms. The molecule has 0 aliphatic heterocycles. The number of nitrogens with one attached hydrogen (secondary N) is 1. The molecule has 0 heterocycles. The van der Waals surface area contributed by atoms with Crippen LogP contribution < -0.4 is 11.1 Å². The van der Waals surface area contributed by atoms with Crippen molar-refractivity contribution in [1.82, 2.24) is 0 Å². The first-order chi connectivity index (χ1) is 6.70. The molecule has 0 fully saturated rings. The van der Waals surface area contributed by atoms with Crippen molar-refractivity contribution in [3.63, 3.8) is 0 Å². The predicted octanol–water partition coefficient (Wildman–Crippen LogP) is 2.53. The van der Waals surface area contributed by atoms with Gasteiger partial charge in [0.1, 0.15) is 0 Å². The summed E-state index contributed by atoms with van der Waals surface area (Å²) in [6, 6.07) is 8.66. The lowest BCUT2D eigenvalue weighted by Crippen LogP contribution is -2.16. The maximum Gasteiger partial charge on any atom is 0.0369 e. The van der Waals surface area contributed by atoms with Crippen LogP contribution in [-0.2, 0) is 0 Å². The average molecular weight is 192 g/mol. The molecule has 1 aromatic rings. The monoisotopic (exact) mass is 192 g/mol. The Morgan fingerprint density at radius 2 is 2.07 bits per heavy atom. The van der Waals surface area contributed by atoms with E-state index < -0.39 is 0 Å². The SMILES string of the molecule is Cc1ccccc1NCCCC(C)N. The first kappa shape index (κ1) is 11.1. The van der Waals surface area contributed by atoms with E-state index in [-0.39, 0.29) is 0 Å². The van der Waals surface area contributed by atoms with Crippen LogP contribution >= 0.6 is 0 Å². The van der Waals surface area contributed by atoms with Crippen LogP contribution in [0, 0.1) is 6.92 Å². The van der Waals surface area contributed by atoms with Gasteiger partial charge in [0.05, 0.1) is 0 Å². The molecule has 0 amide bonds. The first-order valence-corrected chi connectivity index (χ1v) is 5.25. The van der Waals surface area contributed by atoms with Crippen molar-refractivity contribution < 1.29 is 0 Å². The number of benzene rings is 1. The molecule has 1 unspecified atom stereocenters. The van der Waals surface area contributed by atoms with E-state index in [9.17, 15) is 0 Å². The Morgan fingerprint density at radius 3 is 2.71 bits per heavy atom. The molecule has 2 heteroatoms. The van der Waals surface area contributed by atoms with E-state index in [1.54, 1.807) is 0 Å². The van der Waals surface area contributed by atoms with Crippen LogP contribution in [0.4, 0.5) is 5.69 Å². The molecular weight excluding hydrogens is 172 g/mol. The van der Waals surface area contributed by atoms with Crippen LogP contribution in [0.1, 0.15) is 25.3 Å². The number of aryl methyl sites for hydroxylation is 1. The maximum absolute atomic E-state index is 5.67. The third kappa shape index (κ3) is 3.79. The normalized spacial score (nSPS) is 12.5. The molecule has 0 aromatic heterocycles. The molecule has 2 nitrogen and oxygen atoms in total. The fourth-order valence-corrected chi connectivity index (χ4v) is 1.42. The Bertz CT molecular complexity index is 269. The number of anilines is 1. The number of hydrogen-bond donors (Lipinski definition) is 2. The van der Waals surface area contributed by atoms with Gasteiger partial charge in [-0.2, -0.15) is 0 Å². The lowest BCUT2D eigenvalue weighted by atomic mass is 10.1. The fourth-order valence-electron chi connectivity index (χ4n) is 1.42. The van der Waals surface area contributed by atoms with Gasteiger partial charge >= 0.3 is 0 Å². The number of para-hydroxylation sites is 1. The Kier molecular flexibility index (Phi) is 4.47. The summed E-state index contributed by atoms with van der Waals surface area (Å²) < 4.78 is 0. The molecule has 0 saturated heterocycles. The van der Waals surface area contributed by atoms with E-state index in [0.29, 0.717) is 6.04 Å². The van der Waals surface area contributed by atoms with Crippen molar-refractivity contribution in [2.75, 3.05) is 11.9 Å². The van der Waals surface area contributed by atoms with Crippen LogP contribution in [0.15, 0.2) is 24.3 Å². The molecule has 0 aliphatic carbocycles. The molecular formula is C12H20N2. The van der Waals surface area contributed by atoms with Crippen LogP contribution in [0.3, 0.4) is 0 Å². The quantitative estimate of drug-likeness (QED) is 0.704. The minimum Gasteiger partial charge on any atom is -0.385 e. The second-order valence-electron chi connectivity index (χ2n) is 3.86. The molecule has 0 saturated carbocycles. The summed E-state index contributed by atoms with van der Waals surface area (Å²) in [5.41, 5.74) is 8.21. The van der Waals surface area contributed by atoms with Gasteiger partial charge in [0.25, 0.3) is 0 Å². The molecule has 78 valence electrons. The molecule has 1 rings (SSSR count). The van der Waals surface area contributed by atoms with Gasteiger partial charge in [0.15, 0.2) is 0 Å². The Labute approximate surface area is 86.5 Å². The largest absolute Gasteiger partial charge is 0.385 e. The summed E-state index contributed by atoms with van der Waals surface area (Å²) in [4.78, 5) is 0. The van der Waals surface area contributed by atoms with E-state index in [1.807, 2.05) is 6.92 Å². The Hall–Kier alpha value is -1.02. The molecule has 0 bridgehead atoms. The molecule has 14 heavy (non-hydrogen) atoms. The summed E-state index contributed by atoms with van der Waals surface area (Å²) in [5, 5.41) is 3.41. The van der Waals surface area contributed by atoms with Crippen molar-refractivity contribution in [2.24, 2.45) is 5.73 Å². The summed E-state index contributed by atoms with van der Waals surface area (Å²) in [5.74, 6) is 0. The highest BCUT2D eigenvalue weighted by molar-refractivity contribution is 5.49. The van der Waals surface area contributed by atoms with Gasteiger partial charge in [-0.15, -0.1) is 0 Å².